The number of amides is 1. The van der Waals surface area contributed by atoms with Gasteiger partial charge in [-0.2, -0.15) is 0 Å². The lowest BCUT2D eigenvalue weighted by molar-refractivity contribution is -0.124. The Morgan fingerprint density at radius 3 is 2.39 bits per heavy atom. The largest absolute Gasteiger partial charge is 0.452 e. The zero-order chi connectivity index (χ0) is 20.7. The van der Waals surface area contributed by atoms with Crippen LogP contribution in [0.4, 0.5) is 10.1 Å². The van der Waals surface area contributed by atoms with Gasteiger partial charge in [-0.15, -0.1) is 0 Å². The maximum atomic E-state index is 13.0. The third kappa shape index (κ3) is 5.78. The quantitative estimate of drug-likeness (QED) is 0.654. The fourth-order valence-electron chi connectivity index (χ4n) is 2.19. The lowest BCUT2D eigenvalue weighted by atomic mass is 10.2. The second kappa shape index (κ2) is 9.32. The third-order valence-electron chi connectivity index (χ3n) is 3.87. The van der Waals surface area contributed by atoms with Gasteiger partial charge >= 0.3 is 5.97 Å². The molecule has 2 aromatic rings. The molecule has 0 bridgehead atoms. The normalized spacial score (nSPS) is 12.1. The summed E-state index contributed by atoms with van der Waals surface area (Å²) in [6, 6.07) is 10.0. The van der Waals surface area contributed by atoms with Crippen molar-refractivity contribution in [1.29, 1.82) is 0 Å². The molecule has 0 aliphatic carbocycles. The number of hydrogen-bond donors (Lipinski definition) is 2. The Kier molecular flexibility index (Phi) is 7.11. The van der Waals surface area contributed by atoms with Crippen molar-refractivity contribution in [3.63, 3.8) is 0 Å². The van der Waals surface area contributed by atoms with Crippen LogP contribution in [0.2, 0.25) is 0 Å². The predicted octanol–water partition coefficient (Wildman–Crippen LogP) is 2.70. The van der Waals surface area contributed by atoms with E-state index in [0.29, 0.717) is 0 Å². The molecule has 150 valence electrons. The van der Waals surface area contributed by atoms with Gasteiger partial charge in [0.05, 0.1) is 16.1 Å². The predicted molar refractivity (Wildman–Crippen MR) is 102 cm³/mol. The van der Waals surface area contributed by atoms with Crippen molar-refractivity contribution < 1.29 is 27.1 Å². The molecular formula is C19H21FN2O5S. The van der Waals surface area contributed by atoms with Gasteiger partial charge in [-0.05, 0) is 49.7 Å². The van der Waals surface area contributed by atoms with E-state index in [1.165, 1.54) is 24.3 Å². The van der Waals surface area contributed by atoms with E-state index in [1.54, 1.807) is 0 Å². The Balaban J connectivity index is 2.13. The number of hydrogen-bond acceptors (Lipinski definition) is 5. The maximum Gasteiger partial charge on any atom is 0.340 e. The molecule has 2 N–H and O–H groups in total. The van der Waals surface area contributed by atoms with Gasteiger partial charge < -0.3 is 10.1 Å². The number of rotatable bonds is 8. The molecule has 7 nitrogen and oxygen atoms in total. The lowest BCUT2D eigenvalue weighted by Gasteiger charge is -2.13. The first-order valence-electron chi connectivity index (χ1n) is 8.57. The van der Waals surface area contributed by atoms with E-state index >= 15 is 0 Å². The van der Waals surface area contributed by atoms with Crippen LogP contribution in [-0.4, -0.2) is 32.9 Å². The van der Waals surface area contributed by atoms with Gasteiger partial charge in [0.25, 0.3) is 15.9 Å². The Morgan fingerprint density at radius 2 is 1.75 bits per heavy atom. The maximum absolute atomic E-state index is 13.0. The standard InChI is InChI=1S/C19H21FN2O5S/c1-3-13(2)21-18(23)12-27-19(24)16-6-4-5-7-17(16)22-28(25,26)15-10-8-14(20)9-11-15/h4-11,13,22H,3,12H2,1-2H3,(H,21,23)/t13-/m1/s1. The van der Waals surface area contributed by atoms with Crippen LogP contribution in [0.1, 0.15) is 30.6 Å². The van der Waals surface area contributed by atoms with Crippen LogP contribution in [0.15, 0.2) is 53.4 Å². The number of halogens is 1. The van der Waals surface area contributed by atoms with Gasteiger partial charge in [0, 0.05) is 6.04 Å². The van der Waals surface area contributed by atoms with Crippen molar-refractivity contribution in [2.45, 2.75) is 31.2 Å². The molecule has 2 rings (SSSR count). The monoisotopic (exact) mass is 408 g/mol. The number of anilines is 1. The summed E-state index contributed by atoms with van der Waals surface area (Å²) in [6.45, 7) is 3.24. The van der Waals surface area contributed by atoms with E-state index in [9.17, 15) is 22.4 Å². The van der Waals surface area contributed by atoms with Crippen LogP contribution in [-0.2, 0) is 19.6 Å². The lowest BCUT2D eigenvalue weighted by Crippen LogP contribution is -2.35. The number of nitrogens with one attached hydrogen (secondary N) is 2. The second-order valence-electron chi connectivity index (χ2n) is 6.06. The average Bonchev–Trinajstić information content (AvgIpc) is 2.66. The van der Waals surface area contributed by atoms with E-state index < -0.39 is 34.3 Å². The molecule has 0 heterocycles. The average molecular weight is 408 g/mol. The van der Waals surface area contributed by atoms with Gasteiger partial charge in [0.2, 0.25) is 0 Å². The van der Waals surface area contributed by atoms with E-state index in [0.717, 1.165) is 30.7 Å². The summed E-state index contributed by atoms with van der Waals surface area (Å²) in [5, 5.41) is 2.66. The van der Waals surface area contributed by atoms with Gasteiger partial charge in [-0.3, -0.25) is 9.52 Å². The van der Waals surface area contributed by atoms with Gasteiger partial charge in [-0.1, -0.05) is 19.1 Å². The van der Waals surface area contributed by atoms with Crippen molar-refractivity contribution >= 4 is 27.6 Å². The number of benzene rings is 2. The van der Waals surface area contributed by atoms with E-state index in [2.05, 4.69) is 10.0 Å². The number of ether oxygens (including phenoxy) is 1. The summed E-state index contributed by atoms with van der Waals surface area (Å²) in [5.41, 5.74) is -0.0660. The Labute approximate surface area is 163 Å². The SMILES string of the molecule is CC[C@@H](C)NC(=O)COC(=O)c1ccccc1NS(=O)(=O)c1ccc(F)cc1. The van der Waals surface area contributed by atoms with Gasteiger partial charge in [-0.25, -0.2) is 17.6 Å². The smallest absolute Gasteiger partial charge is 0.340 e. The van der Waals surface area contributed by atoms with E-state index in [1.807, 2.05) is 13.8 Å². The topological polar surface area (TPSA) is 102 Å². The number of para-hydroxylation sites is 1. The molecule has 0 aliphatic heterocycles. The van der Waals surface area contributed by atoms with Crippen LogP contribution < -0.4 is 10.0 Å². The molecule has 1 amide bonds. The van der Waals surface area contributed by atoms with Crippen LogP contribution in [0.3, 0.4) is 0 Å². The highest BCUT2D eigenvalue weighted by Crippen LogP contribution is 2.21. The summed E-state index contributed by atoms with van der Waals surface area (Å²) in [6.07, 6.45) is 0.730. The zero-order valence-corrected chi connectivity index (χ0v) is 16.3. The van der Waals surface area contributed by atoms with Crippen molar-refractivity contribution in [2.24, 2.45) is 0 Å². The summed E-state index contributed by atoms with van der Waals surface area (Å²) < 4.78 is 45.2. The minimum Gasteiger partial charge on any atom is -0.452 e. The summed E-state index contributed by atoms with van der Waals surface area (Å²) >= 11 is 0. The van der Waals surface area contributed by atoms with Crippen molar-refractivity contribution in [3.05, 3.63) is 59.9 Å². The molecule has 0 aromatic heterocycles. The van der Waals surface area contributed by atoms with Crippen LogP contribution >= 0.6 is 0 Å². The van der Waals surface area contributed by atoms with Crippen LogP contribution in [0.25, 0.3) is 0 Å². The first-order valence-corrected chi connectivity index (χ1v) is 10.0. The van der Waals surface area contributed by atoms with E-state index in [-0.39, 0.29) is 22.2 Å². The third-order valence-corrected chi connectivity index (χ3v) is 5.25. The minimum atomic E-state index is -4.04. The molecule has 0 aliphatic rings. The molecule has 2 aromatic carbocycles. The summed E-state index contributed by atoms with van der Waals surface area (Å²) in [5.74, 6) is -1.87. The Bertz CT molecular complexity index is 945. The number of carbonyl (C=O) groups is 2. The number of carbonyl (C=O) groups excluding carboxylic acids is 2. The number of sulfonamides is 1. The Hall–Kier alpha value is -2.94. The Morgan fingerprint density at radius 1 is 1.11 bits per heavy atom. The van der Waals surface area contributed by atoms with Gasteiger partial charge in [0.1, 0.15) is 5.82 Å². The highest BCUT2D eigenvalue weighted by molar-refractivity contribution is 7.92. The van der Waals surface area contributed by atoms with Crippen molar-refractivity contribution in [2.75, 3.05) is 11.3 Å². The highest BCUT2D eigenvalue weighted by Gasteiger charge is 2.20. The fourth-order valence-corrected chi connectivity index (χ4v) is 3.27. The zero-order valence-electron chi connectivity index (χ0n) is 15.4. The minimum absolute atomic E-state index is 0.0147. The summed E-state index contributed by atoms with van der Waals surface area (Å²) in [7, 11) is -4.04. The number of esters is 1. The molecule has 28 heavy (non-hydrogen) atoms. The second-order valence-corrected chi connectivity index (χ2v) is 7.74. The molecule has 0 radical (unpaired) electrons. The molecule has 0 saturated carbocycles. The van der Waals surface area contributed by atoms with Crippen LogP contribution in [0.5, 0.6) is 0 Å². The first kappa shape index (κ1) is 21.4. The molecule has 0 saturated heterocycles. The molecule has 0 spiro atoms. The van der Waals surface area contributed by atoms with Crippen LogP contribution in [0, 0.1) is 5.82 Å². The fraction of sp³-hybridized carbons (Fsp3) is 0.263. The first-order chi connectivity index (χ1) is 13.2. The van der Waals surface area contributed by atoms with Crippen molar-refractivity contribution in [1.82, 2.24) is 5.32 Å². The molecule has 0 unspecified atom stereocenters. The van der Waals surface area contributed by atoms with E-state index in [4.69, 9.17) is 4.74 Å². The molecule has 1 atom stereocenters. The van der Waals surface area contributed by atoms with Crippen molar-refractivity contribution in [3.8, 4) is 0 Å². The highest BCUT2D eigenvalue weighted by atomic mass is 32.2. The molecule has 0 fully saturated rings. The summed E-state index contributed by atoms with van der Waals surface area (Å²) in [4.78, 5) is 23.9. The molecular weight excluding hydrogens is 387 g/mol. The molecule has 9 heteroatoms. The van der Waals surface area contributed by atoms with Gasteiger partial charge in [0.15, 0.2) is 6.61 Å².